The van der Waals surface area contributed by atoms with Gasteiger partial charge in [-0.15, -0.1) is 5.10 Å². The molecule has 0 atom stereocenters. The van der Waals surface area contributed by atoms with Crippen LogP contribution < -0.4 is 4.90 Å². The summed E-state index contributed by atoms with van der Waals surface area (Å²) in [6.45, 7) is 8.56. The second-order valence-electron chi connectivity index (χ2n) is 5.40. The van der Waals surface area contributed by atoms with E-state index in [4.69, 9.17) is 5.26 Å². The van der Waals surface area contributed by atoms with Crippen LogP contribution in [0.4, 0.5) is 5.82 Å². The molecule has 0 aromatic carbocycles. The standard InChI is InChI=1S/C14H21N5/c1-12(2)11-13-3-4-14(17-16-13)19-9-7-18(6-5-15)8-10-19/h3-4,12H,6-11H2,1-2H3. The first-order chi connectivity index (χ1) is 9.19. The van der Waals surface area contributed by atoms with Crippen LogP contribution in [0.25, 0.3) is 0 Å². The molecule has 0 aliphatic carbocycles. The molecule has 0 radical (unpaired) electrons. The van der Waals surface area contributed by atoms with Gasteiger partial charge in [-0.1, -0.05) is 13.8 Å². The van der Waals surface area contributed by atoms with Crippen LogP contribution in [-0.4, -0.2) is 47.8 Å². The van der Waals surface area contributed by atoms with E-state index in [2.05, 4.69) is 52.0 Å². The molecule has 1 aliphatic heterocycles. The highest BCUT2D eigenvalue weighted by Gasteiger charge is 2.17. The van der Waals surface area contributed by atoms with Crippen molar-refractivity contribution in [3.8, 4) is 6.07 Å². The van der Waals surface area contributed by atoms with E-state index in [-0.39, 0.29) is 0 Å². The quantitative estimate of drug-likeness (QED) is 0.763. The van der Waals surface area contributed by atoms with Gasteiger partial charge in [0.15, 0.2) is 5.82 Å². The Kier molecular flexibility index (Phi) is 4.69. The van der Waals surface area contributed by atoms with E-state index in [1.54, 1.807) is 0 Å². The van der Waals surface area contributed by atoms with E-state index in [1.807, 2.05) is 0 Å². The van der Waals surface area contributed by atoms with Gasteiger partial charge in [-0.05, 0) is 24.5 Å². The van der Waals surface area contributed by atoms with Gasteiger partial charge in [-0.2, -0.15) is 10.4 Å². The molecular formula is C14H21N5. The van der Waals surface area contributed by atoms with E-state index >= 15 is 0 Å². The van der Waals surface area contributed by atoms with Crippen LogP contribution >= 0.6 is 0 Å². The van der Waals surface area contributed by atoms with Gasteiger partial charge < -0.3 is 4.90 Å². The molecule has 2 heterocycles. The largest absolute Gasteiger partial charge is 0.353 e. The highest BCUT2D eigenvalue weighted by atomic mass is 15.3. The molecule has 0 saturated carbocycles. The molecule has 1 aromatic rings. The van der Waals surface area contributed by atoms with Crippen molar-refractivity contribution in [2.45, 2.75) is 20.3 Å². The van der Waals surface area contributed by atoms with E-state index < -0.39 is 0 Å². The number of nitrogens with zero attached hydrogens (tertiary/aromatic N) is 5. The van der Waals surface area contributed by atoms with Gasteiger partial charge in [-0.25, -0.2) is 0 Å². The maximum atomic E-state index is 8.68. The maximum absolute atomic E-state index is 8.68. The van der Waals surface area contributed by atoms with E-state index in [0.29, 0.717) is 12.5 Å². The molecule has 2 rings (SSSR count). The van der Waals surface area contributed by atoms with Gasteiger partial charge >= 0.3 is 0 Å². The molecule has 1 fully saturated rings. The first-order valence-electron chi connectivity index (χ1n) is 6.86. The van der Waals surface area contributed by atoms with Crippen LogP contribution in [0.15, 0.2) is 12.1 Å². The molecule has 19 heavy (non-hydrogen) atoms. The van der Waals surface area contributed by atoms with E-state index in [0.717, 1.165) is 44.1 Å². The van der Waals surface area contributed by atoms with Crippen LogP contribution in [0, 0.1) is 17.2 Å². The zero-order chi connectivity index (χ0) is 13.7. The van der Waals surface area contributed by atoms with Crippen molar-refractivity contribution >= 4 is 5.82 Å². The lowest BCUT2D eigenvalue weighted by Gasteiger charge is -2.33. The SMILES string of the molecule is CC(C)Cc1ccc(N2CCN(CC#N)CC2)nn1. The second-order valence-corrected chi connectivity index (χ2v) is 5.40. The van der Waals surface area contributed by atoms with Gasteiger partial charge in [0, 0.05) is 26.2 Å². The van der Waals surface area contributed by atoms with Crippen molar-refractivity contribution in [3.05, 3.63) is 17.8 Å². The monoisotopic (exact) mass is 259 g/mol. The first kappa shape index (κ1) is 13.8. The zero-order valence-electron chi connectivity index (χ0n) is 11.7. The Morgan fingerprint density at radius 1 is 1.21 bits per heavy atom. The normalized spacial score (nSPS) is 16.6. The molecule has 5 nitrogen and oxygen atoms in total. The van der Waals surface area contributed by atoms with Gasteiger partial charge in [0.2, 0.25) is 0 Å². The Bertz CT molecular complexity index is 426. The smallest absolute Gasteiger partial charge is 0.151 e. The van der Waals surface area contributed by atoms with Crippen LogP contribution in [-0.2, 0) is 6.42 Å². The van der Waals surface area contributed by atoms with E-state index in [9.17, 15) is 0 Å². The maximum Gasteiger partial charge on any atom is 0.151 e. The van der Waals surface area contributed by atoms with Gasteiger partial charge in [0.1, 0.15) is 0 Å². The number of piperazine rings is 1. The Morgan fingerprint density at radius 3 is 2.47 bits per heavy atom. The third-order valence-electron chi connectivity index (χ3n) is 3.31. The van der Waals surface area contributed by atoms with Crippen molar-refractivity contribution in [2.75, 3.05) is 37.6 Å². The minimum Gasteiger partial charge on any atom is -0.353 e. The fourth-order valence-electron chi connectivity index (χ4n) is 2.28. The highest BCUT2D eigenvalue weighted by molar-refractivity contribution is 5.38. The lowest BCUT2D eigenvalue weighted by Crippen LogP contribution is -2.46. The molecule has 1 aromatic heterocycles. The third kappa shape index (κ3) is 3.90. The molecule has 102 valence electrons. The van der Waals surface area contributed by atoms with E-state index in [1.165, 1.54) is 0 Å². The summed E-state index contributed by atoms with van der Waals surface area (Å²) >= 11 is 0. The number of rotatable bonds is 4. The molecule has 5 heteroatoms. The zero-order valence-corrected chi connectivity index (χ0v) is 11.7. The summed E-state index contributed by atoms with van der Waals surface area (Å²) in [5.74, 6) is 1.55. The summed E-state index contributed by atoms with van der Waals surface area (Å²) in [5, 5.41) is 17.3. The Labute approximate surface area is 114 Å². The number of aromatic nitrogens is 2. The minimum atomic E-state index is 0.521. The lowest BCUT2D eigenvalue weighted by atomic mass is 10.1. The number of anilines is 1. The van der Waals surface area contributed by atoms with Crippen molar-refractivity contribution in [2.24, 2.45) is 5.92 Å². The molecule has 0 spiro atoms. The summed E-state index contributed by atoms with van der Waals surface area (Å²) in [6, 6.07) is 6.33. The fourth-order valence-corrected chi connectivity index (χ4v) is 2.28. The average Bonchev–Trinajstić information content (AvgIpc) is 2.40. The van der Waals surface area contributed by atoms with Gasteiger partial charge in [0.05, 0.1) is 18.3 Å². The van der Waals surface area contributed by atoms with Gasteiger partial charge in [0.25, 0.3) is 0 Å². The minimum absolute atomic E-state index is 0.521. The Morgan fingerprint density at radius 2 is 1.95 bits per heavy atom. The third-order valence-corrected chi connectivity index (χ3v) is 3.31. The Hall–Kier alpha value is -1.67. The van der Waals surface area contributed by atoms with Crippen LogP contribution in [0.1, 0.15) is 19.5 Å². The van der Waals surface area contributed by atoms with Crippen molar-refractivity contribution < 1.29 is 0 Å². The van der Waals surface area contributed by atoms with Crippen LogP contribution in [0.2, 0.25) is 0 Å². The van der Waals surface area contributed by atoms with Crippen LogP contribution in [0.3, 0.4) is 0 Å². The molecule has 1 aliphatic rings. The molecule has 1 saturated heterocycles. The molecule has 0 N–H and O–H groups in total. The molecule has 0 amide bonds. The number of hydrogen-bond acceptors (Lipinski definition) is 5. The molecule has 0 unspecified atom stereocenters. The fraction of sp³-hybridized carbons (Fsp3) is 0.643. The summed E-state index contributed by atoms with van der Waals surface area (Å²) < 4.78 is 0. The summed E-state index contributed by atoms with van der Waals surface area (Å²) in [5.41, 5.74) is 1.06. The summed E-state index contributed by atoms with van der Waals surface area (Å²) in [6.07, 6.45) is 0.975. The number of nitriles is 1. The topological polar surface area (TPSA) is 56.0 Å². The highest BCUT2D eigenvalue weighted by Crippen LogP contribution is 2.13. The predicted octanol–water partition coefficient (Wildman–Crippen LogP) is 1.32. The predicted molar refractivity (Wildman–Crippen MR) is 74.8 cm³/mol. The molecular weight excluding hydrogens is 238 g/mol. The summed E-state index contributed by atoms with van der Waals surface area (Å²) in [7, 11) is 0. The Balaban J connectivity index is 1.91. The second kappa shape index (κ2) is 6.48. The average molecular weight is 259 g/mol. The van der Waals surface area contributed by atoms with Crippen LogP contribution in [0.5, 0.6) is 0 Å². The summed E-state index contributed by atoms with van der Waals surface area (Å²) in [4.78, 5) is 4.40. The van der Waals surface area contributed by atoms with Crippen molar-refractivity contribution in [1.82, 2.24) is 15.1 Å². The van der Waals surface area contributed by atoms with Gasteiger partial charge in [-0.3, -0.25) is 4.90 Å². The first-order valence-corrected chi connectivity index (χ1v) is 6.86. The number of hydrogen-bond donors (Lipinski definition) is 0. The molecule has 0 bridgehead atoms. The van der Waals surface area contributed by atoms with Crippen molar-refractivity contribution in [1.29, 1.82) is 5.26 Å². The lowest BCUT2D eigenvalue weighted by molar-refractivity contribution is 0.286. The van der Waals surface area contributed by atoms with Crippen molar-refractivity contribution in [3.63, 3.8) is 0 Å².